The Hall–Kier alpha value is -1.42. The van der Waals surface area contributed by atoms with Gasteiger partial charge in [0.25, 0.3) is 5.91 Å². The number of aryl methyl sites for hydroxylation is 1. The third-order valence-electron chi connectivity index (χ3n) is 3.84. The minimum absolute atomic E-state index is 0.183. The molecule has 3 nitrogen and oxygen atoms in total. The lowest BCUT2D eigenvalue weighted by Gasteiger charge is -2.34. The molecule has 1 aromatic carbocycles. The van der Waals surface area contributed by atoms with Crippen molar-refractivity contribution in [2.24, 2.45) is 0 Å². The maximum Gasteiger partial charge on any atom is 0.256 e. The normalized spacial score (nSPS) is 16.4. The molecule has 2 rings (SSSR count). The highest BCUT2D eigenvalue weighted by atomic mass is 19.1. The molecule has 0 atom stereocenters. The molecule has 0 bridgehead atoms. The van der Waals surface area contributed by atoms with E-state index in [1.54, 1.807) is 17.0 Å². The Balaban J connectivity index is 1.94. The molecule has 0 aromatic heterocycles. The summed E-state index contributed by atoms with van der Waals surface area (Å²) in [5.41, 5.74) is 1.03. The molecule has 0 spiro atoms. The van der Waals surface area contributed by atoms with Crippen LogP contribution in [0.3, 0.4) is 0 Å². The van der Waals surface area contributed by atoms with E-state index in [2.05, 4.69) is 11.8 Å². The molecule has 0 radical (unpaired) electrons. The number of amides is 1. The third-order valence-corrected chi connectivity index (χ3v) is 3.84. The Morgan fingerprint density at radius 1 is 1.25 bits per heavy atom. The van der Waals surface area contributed by atoms with Crippen LogP contribution in [-0.4, -0.2) is 48.4 Å². The monoisotopic (exact) mass is 278 g/mol. The third kappa shape index (κ3) is 3.57. The second-order valence-electron chi connectivity index (χ2n) is 5.47. The van der Waals surface area contributed by atoms with Crippen molar-refractivity contribution in [3.8, 4) is 0 Å². The van der Waals surface area contributed by atoms with Gasteiger partial charge in [0.15, 0.2) is 0 Å². The van der Waals surface area contributed by atoms with E-state index in [0.717, 1.165) is 25.2 Å². The van der Waals surface area contributed by atoms with Crippen molar-refractivity contribution >= 4 is 5.91 Å². The first-order valence-electron chi connectivity index (χ1n) is 7.39. The Morgan fingerprint density at radius 3 is 2.55 bits per heavy atom. The highest BCUT2D eigenvalue weighted by Crippen LogP contribution is 2.14. The zero-order chi connectivity index (χ0) is 14.5. The number of hydrogen-bond donors (Lipinski definition) is 0. The fraction of sp³-hybridized carbons (Fsp3) is 0.562. The first-order valence-corrected chi connectivity index (χ1v) is 7.39. The van der Waals surface area contributed by atoms with Gasteiger partial charge in [-0.15, -0.1) is 0 Å². The Labute approximate surface area is 120 Å². The number of nitrogens with zero attached hydrogens (tertiary/aromatic N) is 2. The van der Waals surface area contributed by atoms with Crippen molar-refractivity contribution in [2.75, 3.05) is 32.7 Å². The van der Waals surface area contributed by atoms with Crippen LogP contribution >= 0.6 is 0 Å². The van der Waals surface area contributed by atoms with Crippen LogP contribution < -0.4 is 0 Å². The van der Waals surface area contributed by atoms with Crippen LogP contribution in [0.2, 0.25) is 0 Å². The first-order chi connectivity index (χ1) is 9.61. The zero-order valence-electron chi connectivity index (χ0n) is 12.4. The van der Waals surface area contributed by atoms with Gasteiger partial charge in [-0.25, -0.2) is 4.39 Å². The van der Waals surface area contributed by atoms with Crippen molar-refractivity contribution in [1.29, 1.82) is 0 Å². The molecule has 0 unspecified atom stereocenters. The molecular weight excluding hydrogens is 255 g/mol. The molecule has 1 fully saturated rings. The minimum Gasteiger partial charge on any atom is -0.336 e. The zero-order valence-corrected chi connectivity index (χ0v) is 12.4. The highest BCUT2D eigenvalue weighted by Gasteiger charge is 2.23. The van der Waals surface area contributed by atoms with Gasteiger partial charge in [0.05, 0.1) is 5.56 Å². The van der Waals surface area contributed by atoms with Crippen molar-refractivity contribution in [3.05, 3.63) is 35.1 Å². The largest absolute Gasteiger partial charge is 0.336 e. The number of unbranched alkanes of at least 4 members (excludes halogenated alkanes) is 1. The lowest BCUT2D eigenvalue weighted by molar-refractivity contribution is 0.0631. The number of benzene rings is 1. The molecule has 0 N–H and O–H groups in total. The second-order valence-corrected chi connectivity index (χ2v) is 5.47. The number of piperazine rings is 1. The molecular formula is C16H23FN2O. The second kappa shape index (κ2) is 6.84. The van der Waals surface area contributed by atoms with Crippen LogP contribution in [-0.2, 0) is 0 Å². The van der Waals surface area contributed by atoms with Gasteiger partial charge in [-0.3, -0.25) is 9.69 Å². The minimum atomic E-state index is -0.414. The topological polar surface area (TPSA) is 23.6 Å². The average Bonchev–Trinajstić information content (AvgIpc) is 2.45. The van der Waals surface area contributed by atoms with E-state index < -0.39 is 5.82 Å². The van der Waals surface area contributed by atoms with Crippen LogP contribution in [0.5, 0.6) is 0 Å². The lowest BCUT2D eigenvalue weighted by atomic mass is 10.1. The molecule has 1 heterocycles. The number of halogens is 1. The van der Waals surface area contributed by atoms with Crippen molar-refractivity contribution in [2.45, 2.75) is 26.7 Å². The number of carbonyl (C=O) groups is 1. The Morgan fingerprint density at radius 2 is 1.95 bits per heavy atom. The van der Waals surface area contributed by atoms with Crippen molar-refractivity contribution in [1.82, 2.24) is 9.80 Å². The van der Waals surface area contributed by atoms with Crippen LogP contribution in [0.25, 0.3) is 0 Å². The van der Waals surface area contributed by atoms with Gasteiger partial charge in [0.1, 0.15) is 5.82 Å². The number of hydrogen-bond acceptors (Lipinski definition) is 2. The maximum atomic E-state index is 13.8. The molecule has 110 valence electrons. The summed E-state index contributed by atoms with van der Waals surface area (Å²) in [6.45, 7) is 8.26. The fourth-order valence-corrected chi connectivity index (χ4v) is 2.52. The molecule has 4 heteroatoms. The standard InChI is InChI=1S/C16H23FN2O/c1-3-4-7-18-8-10-19(11-9-18)16(20)14-6-5-13(2)12-15(14)17/h5-6,12H,3-4,7-11H2,1-2H3. The first kappa shape index (κ1) is 15.0. The molecule has 0 saturated carbocycles. The molecule has 1 aliphatic heterocycles. The van der Waals surface area contributed by atoms with Gasteiger partial charge in [0.2, 0.25) is 0 Å². The summed E-state index contributed by atoms with van der Waals surface area (Å²) >= 11 is 0. The van der Waals surface area contributed by atoms with Gasteiger partial charge in [-0.05, 0) is 37.6 Å². The molecule has 20 heavy (non-hydrogen) atoms. The predicted octanol–water partition coefficient (Wildman–Crippen LogP) is 2.69. The van der Waals surface area contributed by atoms with Gasteiger partial charge < -0.3 is 4.90 Å². The highest BCUT2D eigenvalue weighted by molar-refractivity contribution is 5.94. The predicted molar refractivity (Wildman–Crippen MR) is 78.4 cm³/mol. The van der Waals surface area contributed by atoms with E-state index in [1.807, 2.05) is 6.92 Å². The molecule has 1 saturated heterocycles. The van der Waals surface area contributed by atoms with Crippen molar-refractivity contribution < 1.29 is 9.18 Å². The van der Waals surface area contributed by atoms with Crippen LogP contribution in [0.1, 0.15) is 35.7 Å². The maximum absolute atomic E-state index is 13.8. The number of rotatable bonds is 4. The van der Waals surface area contributed by atoms with E-state index >= 15 is 0 Å². The lowest BCUT2D eigenvalue weighted by Crippen LogP contribution is -2.49. The average molecular weight is 278 g/mol. The van der Waals surface area contributed by atoms with E-state index in [4.69, 9.17) is 0 Å². The molecule has 1 aromatic rings. The van der Waals surface area contributed by atoms with Crippen LogP contribution in [0.15, 0.2) is 18.2 Å². The van der Waals surface area contributed by atoms with Gasteiger partial charge in [-0.2, -0.15) is 0 Å². The van der Waals surface area contributed by atoms with E-state index in [1.165, 1.54) is 18.9 Å². The summed E-state index contributed by atoms with van der Waals surface area (Å²) in [5, 5.41) is 0. The van der Waals surface area contributed by atoms with Crippen molar-refractivity contribution in [3.63, 3.8) is 0 Å². The van der Waals surface area contributed by atoms with Gasteiger partial charge in [-0.1, -0.05) is 19.4 Å². The smallest absolute Gasteiger partial charge is 0.256 e. The quantitative estimate of drug-likeness (QED) is 0.845. The summed E-state index contributed by atoms with van der Waals surface area (Å²) in [6, 6.07) is 4.80. The van der Waals surface area contributed by atoms with Gasteiger partial charge >= 0.3 is 0 Å². The van der Waals surface area contributed by atoms with Crippen LogP contribution in [0, 0.1) is 12.7 Å². The summed E-state index contributed by atoms with van der Waals surface area (Å²) in [6.07, 6.45) is 2.38. The molecule has 0 aliphatic carbocycles. The van der Waals surface area contributed by atoms with E-state index in [9.17, 15) is 9.18 Å². The Bertz CT molecular complexity index is 468. The summed E-state index contributed by atoms with van der Waals surface area (Å²) in [5.74, 6) is -0.596. The van der Waals surface area contributed by atoms with Crippen LogP contribution in [0.4, 0.5) is 4.39 Å². The summed E-state index contributed by atoms with van der Waals surface area (Å²) in [7, 11) is 0. The summed E-state index contributed by atoms with van der Waals surface area (Å²) < 4.78 is 13.8. The SMILES string of the molecule is CCCCN1CCN(C(=O)c2ccc(C)cc2F)CC1. The summed E-state index contributed by atoms with van der Waals surface area (Å²) in [4.78, 5) is 16.5. The molecule has 1 amide bonds. The Kier molecular flexibility index (Phi) is 5.12. The van der Waals surface area contributed by atoms with E-state index in [-0.39, 0.29) is 11.5 Å². The van der Waals surface area contributed by atoms with E-state index in [0.29, 0.717) is 13.1 Å². The molecule has 1 aliphatic rings. The van der Waals surface area contributed by atoms with Gasteiger partial charge in [0, 0.05) is 26.2 Å². The number of carbonyl (C=O) groups excluding carboxylic acids is 1. The fourth-order valence-electron chi connectivity index (χ4n) is 2.52.